The van der Waals surface area contributed by atoms with Crippen molar-refractivity contribution in [2.75, 3.05) is 6.54 Å². The number of para-hydroxylation sites is 1. The highest BCUT2D eigenvalue weighted by atomic mass is 28.4. The van der Waals surface area contributed by atoms with E-state index in [4.69, 9.17) is 8.84 Å². The Hall–Kier alpha value is -1.81. The van der Waals surface area contributed by atoms with Crippen LogP contribution in [-0.2, 0) is 6.42 Å². The summed E-state index contributed by atoms with van der Waals surface area (Å²) in [6, 6.07) is 12.0. The van der Waals surface area contributed by atoms with Gasteiger partial charge in [-0.05, 0) is 49.8 Å². The lowest BCUT2D eigenvalue weighted by Gasteiger charge is -2.21. The van der Waals surface area contributed by atoms with Gasteiger partial charge in [0.15, 0.2) is 0 Å². The molecule has 0 unspecified atom stereocenters. The molecule has 1 aromatic carbocycles. The zero-order chi connectivity index (χ0) is 14.4. The van der Waals surface area contributed by atoms with Gasteiger partial charge in [0.1, 0.15) is 11.5 Å². The number of benzene rings is 1. The van der Waals surface area contributed by atoms with Crippen LogP contribution in [0.3, 0.4) is 0 Å². The quantitative estimate of drug-likeness (QED) is 0.591. The molecule has 2 aromatic rings. The highest BCUT2D eigenvalue weighted by molar-refractivity contribution is 6.70. The van der Waals surface area contributed by atoms with E-state index in [9.17, 15) is 0 Å². The Labute approximate surface area is 121 Å². The first-order chi connectivity index (χ1) is 9.54. The van der Waals surface area contributed by atoms with Gasteiger partial charge in [-0.3, -0.25) is 4.99 Å². The van der Waals surface area contributed by atoms with Crippen LogP contribution in [0.2, 0.25) is 19.6 Å². The average molecular weight is 287 g/mol. The van der Waals surface area contributed by atoms with E-state index in [-0.39, 0.29) is 0 Å². The lowest BCUT2D eigenvalue weighted by molar-refractivity contribution is 0.549. The summed E-state index contributed by atoms with van der Waals surface area (Å²) in [6.07, 6.45) is 4.29. The first-order valence-corrected chi connectivity index (χ1v) is 10.3. The van der Waals surface area contributed by atoms with Crippen molar-refractivity contribution in [2.45, 2.75) is 26.1 Å². The predicted molar refractivity (Wildman–Crippen MR) is 85.3 cm³/mol. The average Bonchev–Trinajstić information content (AvgIpc) is 2.88. The van der Waals surface area contributed by atoms with Crippen LogP contribution >= 0.6 is 0 Å². The molecule has 1 heterocycles. The van der Waals surface area contributed by atoms with Crippen LogP contribution in [0.4, 0.5) is 0 Å². The largest absolute Gasteiger partial charge is 0.544 e. The van der Waals surface area contributed by atoms with Gasteiger partial charge in [0, 0.05) is 6.54 Å². The zero-order valence-corrected chi connectivity index (χ0v) is 13.3. The summed E-state index contributed by atoms with van der Waals surface area (Å²) in [4.78, 5) is 4.38. The van der Waals surface area contributed by atoms with Crippen LogP contribution in [0.15, 0.2) is 52.1 Å². The Morgan fingerprint density at radius 2 is 1.95 bits per heavy atom. The van der Waals surface area contributed by atoms with Crippen molar-refractivity contribution in [1.82, 2.24) is 0 Å². The zero-order valence-electron chi connectivity index (χ0n) is 12.3. The Bertz CT molecular complexity index is 556. The second-order valence-electron chi connectivity index (χ2n) is 5.62. The van der Waals surface area contributed by atoms with Gasteiger partial charge in [0.25, 0.3) is 0 Å². The fourth-order valence-corrected chi connectivity index (χ4v) is 2.70. The summed E-state index contributed by atoms with van der Waals surface area (Å²) < 4.78 is 11.3. The molecule has 106 valence electrons. The Kier molecular flexibility index (Phi) is 4.79. The molecule has 0 radical (unpaired) electrons. The molecule has 0 fully saturated rings. The number of aliphatic imine (C=N–C) groups is 1. The molecule has 0 aliphatic rings. The van der Waals surface area contributed by atoms with Crippen molar-refractivity contribution in [3.8, 4) is 5.75 Å². The van der Waals surface area contributed by atoms with Crippen molar-refractivity contribution in [1.29, 1.82) is 0 Å². The van der Waals surface area contributed by atoms with Gasteiger partial charge in [-0.2, -0.15) is 0 Å². The Morgan fingerprint density at radius 3 is 2.65 bits per heavy atom. The van der Waals surface area contributed by atoms with Crippen molar-refractivity contribution in [3.05, 3.63) is 54.0 Å². The van der Waals surface area contributed by atoms with Gasteiger partial charge < -0.3 is 8.84 Å². The number of rotatable bonds is 6. The number of furan rings is 1. The highest BCUT2D eigenvalue weighted by Crippen LogP contribution is 2.22. The smallest absolute Gasteiger partial charge is 0.242 e. The molecule has 2 rings (SSSR count). The summed E-state index contributed by atoms with van der Waals surface area (Å²) >= 11 is 0. The number of hydrogen-bond acceptors (Lipinski definition) is 3. The second-order valence-corrected chi connectivity index (χ2v) is 10.1. The molecule has 0 aliphatic heterocycles. The van der Waals surface area contributed by atoms with Crippen molar-refractivity contribution in [3.63, 3.8) is 0 Å². The van der Waals surface area contributed by atoms with E-state index in [0.29, 0.717) is 0 Å². The van der Waals surface area contributed by atoms with Gasteiger partial charge >= 0.3 is 0 Å². The van der Waals surface area contributed by atoms with Crippen LogP contribution in [-0.4, -0.2) is 21.1 Å². The van der Waals surface area contributed by atoms with E-state index in [0.717, 1.165) is 24.5 Å². The molecule has 0 N–H and O–H groups in total. The van der Waals surface area contributed by atoms with Crippen molar-refractivity contribution in [2.24, 2.45) is 4.99 Å². The van der Waals surface area contributed by atoms with Crippen LogP contribution < -0.4 is 4.43 Å². The normalized spacial score (nSPS) is 11.9. The summed E-state index contributed by atoms with van der Waals surface area (Å²) in [5.41, 5.74) is 1.21. The summed E-state index contributed by atoms with van der Waals surface area (Å²) in [5, 5.41) is 0. The van der Waals surface area contributed by atoms with Crippen LogP contribution in [0, 0.1) is 0 Å². The summed E-state index contributed by atoms with van der Waals surface area (Å²) in [5.74, 6) is 1.79. The molecule has 1 aromatic heterocycles. The van der Waals surface area contributed by atoms with E-state index in [1.807, 2.05) is 30.3 Å². The second kappa shape index (κ2) is 6.57. The SMILES string of the molecule is C[Si](C)(C)Oc1ccccc1CCN=Cc1ccco1. The predicted octanol–water partition coefficient (Wildman–Crippen LogP) is 4.15. The van der Waals surface area contributed by atoms with E-state index >= 15 is 0 Å². The lowest BCUT2D eigenvalue weighted by Crippen LogP contribution is -2.29. The minimum atomic E-state index is -1.57. The van der Waals surface area contributed by atoms with Crippen LogP contribution in [0.1, 0.15) is 11.3 Å². The van der Waals surface area contributed by atoms with Gasteiger partial charge in [-0.25, -0.2) is 0 Å². The van der Waals surface area contributed by atoms with Crippen LogP contribution in [0.5, 0.6) is 5.75 Å². The maximum absolute atomic E-state index is 6.10. The van der Waals surface area contributed by atoms with Crippen molar-refractivity contribution >= 4 is 14.5 Å². The molecule has 0 saturated heterocycles. The van der Waals surface area contributed by atoms with Crippen LogP contribution in [0.25, 0.3) is 0 Å². The molecule has 3 nitrogen and oxygen atoms in total. The first kappa shape index (κ1) is 14.6. The molecule has 4 heteroatoms. The van der Waals surface area contributed by atoms with Crippen molar-refractivity contribution < 1.29 is 8.84 Å². The van der Waals surface area contributed by atoms with E-state index < -0.39 is 8.32 Å². The number of hydrogen-bond donors (Lipinski definition) is 0. The van der Waals surface area contributed by atoms with Gasteiger partial charge in [0.2, 0.25) is 8.32 Å². The summed E-state index contributed by atoms with van der Waals surface area (Å²) in [6.45, 7) is 7.31. The maximum atomic E-state index is 6.10. The minimum Gasteiger partial charge on any atom is -0.544 e. The van der Waals surface area contributed by atoms with Gasteiger partial charge in [-0.15, -0.1) is 0 Å². The first-order valence-electron chi connectivity index (χ1n) is 6.85. The maximum Gasteiger partial charge on any atom is 0.242 e. The molecular weight excluding hydrogens is 266 g/mol. The third-order valence-corrected chi connectivity index (χ3v) is 3.49. The highest BCUT2D eigenvalue weighted by Gasteiger charge is 2.17. The molecule has 0 bridgehead atoms. The van der Waals surface area contributed by atoms with E-state index in [1.54, 1.807) is 12.5 Å². The fourth-order valence-electron chi connectivity index (χ4n) is 1.84. The van der Waals surface area contributed by atoms with E-state index in [2.05, 4.69) is 30.7 Å². The molecule has 0 atom stereocenters. The lowest BCUT2D eigenvalue weighted by atomic mass is 10.1. The fraction of sp³-hybridized carbons (Fsp3) is 0.312. The molecule has 0 saturated carbocycles. The van der Waals surface area contributed by atoms with E-state index in [1.165, 1.54) is 5.56 Å². The Balaban J connectivity index is 1.95. The monoisotopic (exact) mass is 287 g/mol. The molecule has 0 spiro atoms. The minimum absolute atomic E-state index is 0.729. The summed E-state index contributed by atoms with van der Waals surface area (Å²) in [7, 11) is -1.57. The third kappa shape index (κ3) is 4.70. The molecule has 0 aliphatic carbocycles. The Morgan fingerprint density at radius 1 is 1.15 bits per heavy atom. The number of nitrogens with zero attached hydrogens (tertiary/aromatic N) is 1. The standard InChI is InChI=1S/C16H21NO2Si/c1-20(2,3)19-16-9-5-4-7-14(16)10-11-17-13-15-8-6-12-18-15/h4-9,12-13H,10-11H2,1-3H3. The third-order valence-electron chi connectivity index (χ3n) is 2.66. The topological polar surface area (TPSA) is 34.7 Å². The van der Waals surface area contributed by atoms with Gasteiger partial charge in [-0.1, -0.05) is 18.2 Å². The molecular formula is C16H21NO2Si. The van der Waals surface area contributed by atoms with Gasteiger partial charge in [0.05, 0.1) is 12.5 Å². The molecule has 0 amide bonds. The molecule has 20 heavy (non-hydrogen) atoms.